The molecule has 5 nitrogen and oxygen atoms in total. The Morgan fingerprint density at radius 3 is 2.72 bits per heavy atom. The van der Waals surface area contributed by atoms with E-state index >= 15 is 0 Å². The highest BCUT2D eigenvalue weighted by Crippen LogP contribution is 2.17. The molecule has 0 bridgehead atoms. The highest BCUT2D eigenvalue weighted by Gasteiger charge is 2.09. The third-order valence-electron chi connectivity index (χ3n) is 2.36. The molecule has 0 aliphatic heterocycles. The molecule has 0 aromatic carbocycles. The molecule has 1 aromatic heterocycles. The van der Waals surface area contributed by atoms with Crippen molar-refractivity contribution >= 4 is 23.6 Å². The van der Waals surface area contributed by atoms with Crippen LogP contribution >= 0.6 is 11.8 Å². The predicted molar refractivity (Wildman–Crippen MR) is 68.9 cm³/mol. The first-order chi connectivity index (χ1) is 8.63. The molecule has 18 heavy (non-hydrogen) atoms. The zero-order valence-electron chi connectivity index (χ0n) is 10.3. The van der Waals surface area contributed by atoms with E-state index in [2.05, 4.69) is 5.32 Å². The van der Waals surface area contributed by atoms with Gasteiger partial charge in [-0.05, 0) is 31.2 Å². The minimum Gasteiger partial charge on any atom is -0.481 e. The van der Waals surface area contributed by atoms with Gasteiger partial charge in [-0.15, -0.1) is 0 Å². The van der Waals surface area contributed by atoms with Gasteiger partial charge in [0.1, 0.15) is 0 Å². The van der Waals surface area contributed by atoms with Crippen molar-refractivity contribution in [3.63, 3.8) is 0 Å². The van der Waals surface area contributed by atoms with Crippen molar-refractivity contribution in [3.05, 3.63) is 17.9 Å². The normalized spacial score (nSPS) is 10.3. The van der Waals surface area contributed by atoms with E-state index < -0.39 is 5.97 Å². The summed E-state index contributed by atoms with van der Waals surface area (Å²) >= 11 is 1.44. The van der Waals surface area contributed by atoms with Gasteiger partial charge < -0.3 is 14.8 Å². The zero-order chi connectivity index (χ0) is 13.4. The van der Waals surface area contributed by atoms with Crippen molar-refractivity contribution in [1.29, 1.82) is 0 Å². The van der Waals surface area contributed by atoms with E-state index in [-0.39, 0.29) is 12.3 Å². The largest absolute Gasteiger partial charge is 0.481 e. The topological polar surface area (TPSA) is 79.5 Å². The van der Waals surface area contributed by atoms with Gasteiger partial charge in [0, 0.05) is 13.0 Å². The number of hydrogen-bond acceptors (Lipinski definition) is 4. The summed E-state index contributed by atoms with van der Waals surface area (Å²) in [6, 6.07) is 3.40. The van der Waals surface area contributed by atoms with Gasteiger partial charge in [-0.2, -0.15) is 0 Å². The lowest BCUT2D eigenvalue weighted by molar-refractivity contribution is -0.137. The Hall–Kier alpha value is -1.43. The first-order valence-corrected chi connectivity index (χ1v) is 7.00. The first kappa shape index (κ1) is 14.6. The summed E-state index contributed by atoms with van der Waals surface area (Å²) < 4.78 is 5.28. The lowest BCUT2D eigenvalue weighted by Crippen LogP contribution is -2.23. The molecule has 1 amide bonds. The van der Waals surface area contributed by atoms with Gasteiger partial charge >= 0.3 is 5.97 Å². The van der Waals surface area contributed by atoms with Gasteiger partial charge in [-0.3, -0.25) is 9.59 Å². The summed E-state index contributed by atoms with van der Waals surface area (Å²) in [6.07, 6.45) is 4.27. The molecule has 0 saturated carbocycles. The smallest absolute Gasteiger partial charge is 0.303 e. The Labute approximate surface area is 110 Å². The van der Waals surface area contributed by atoms with E-state index in [0.29, 0.717) is 23.8 Å². The van der Waals surface area contributed by atoms with E-state index in [4.69, 9.17) is 9.52 Å². The van der Waals surface area contributed by atoms with Gasteiger partial charge in [0.05, 0.1) is 0 Å². The SMILES string of the molecule is CSc1ccc(C(=O)NCCCCCC(=O)O)o1. The van der Waals surface area contributed by atoms with Crippen LogP contribution < -0.4 is 5.32 Å². The van der Waals surface area contributed by atoms with Gasteiger partial charge in [-0.1, -0.05) is 18.2 Å². The number of carbonyl (C=O) groups excluding carboxylic acids is 1. The molecule has 0 spiro atoms. The monoisotopic (exact) mass is 271 g/mol. The van der Waals surface area contributed by atoms with E-state index in [9.17, 15) is 9.59 Å². The summed E-state index contributed by atoms with van der Waals surface area (Å²) in [6.45, 7) is 0.535. The van der Waals surface area contributed by atoms with Crippen LogP contribution in [-0.2, 0) is 4.79 Å². The van der Waals surface area contributed by atoms with Crippen LogP contribution in [0.1, 0.15) is 36.2 Å². The van der Waals surface area contributed by atoms with E-state index in [1.54, 1.807) is 12.1 Å². The summed E-state index contributed by atoms with van der Waals surface area (Å²) in [7, 11) is 0. The fourth-order valence-electron chi connectivity index (χ4n) is 1.42. The molecule has 0 fully saturated rings. The maximum atomic E-state index is 11.6. The molecule has 0 unspecified atom stereocenters. The standard InChI is InChI=1S/C12H17NO4S/c1-18-11-7-6-9(17-11)12(16)13-8-4-2-3-5-10(14)15/h6-7H,2-5,8H2,1H3,(H,13,16)(H,14,15). The summed E-state index contributed by atoms with van der Waals surface area (Å²) in [5, 5.41) is 11.9. The molecular formula is C12H17NO4S. The Morgan fingerprint density at radius 1 is 1.33 bits per heavy atom. The van der Waals surface area contributed by atoms with Crippen LogP contribution in [0.15, 0.2) is 21.6 Å². The van der Waals surface area contributed by atoms with E-state index in [1.807, 2.05) is 6.26 Å². The third-order valence-corrected chi connectivity index (χ3v) is 2.98. The number of unbranched alkanes of at least 4 members (excludes halogenated alkanes) is 2. The van der Waals surface area contributed by atoms with Gasteiger partial charge in [0.2, 0.25) is 0 Å². The summed E-state index contributed by atoms with van der Waals surface area (Å²) in [5.41, 5.74) is 0. The summed E-state index contributed by atoms with van der Waals surface area (Å²) in [4.78, 5) is 21.9. The zero-order valence-corrected chi connectivity index (χ0v) is 11.1. The van der Waals surface area contributed by atoms with Crippen LogP contribution in [0.2, 0.25) is 0 Å². The Bertz CT molecular complexity index is 403. The average molecular weight is 271 g/mol. The number of carboxylic acids is 1. The second kappa shape index (κ2) is 7.81. The number of carboxylic acid groups (broad SMARTS) is 1. The van der Waals surface area contributed by atoms with Gasteiger partial charge in [0.25, 0.3) is 5.91 Å². The van der Waals surface area contributed by atoms with E-state index in [0.717, 1.165) is 12.8 Å². The van der Waals surface area contributed by atoms with Crippen LogP contribution in [-0.4, -0.2) is 29.8 Å². The number of nitrogens with one attached hydrogen (secondary N) is 1. The fourth-order valence-corrected chi connectivity index (χ4v) is 1.80. The van der Waals surface area contributed by atoms with Gasteiger partial charge in [0.15, 0.2) is 10.9 Å². The van der Waals surface area contributed by atoms with Gasteiger partial charge in [-0.25, -0.2) is 0 Å². The quantitative estimate of drug-likeness (QED) is 0.560. The van der Waals surface area contributed by atoms with Crippen LogP contribution in [0, 0.1) is 0 Å². The molecule has 0 saturated heterocycles. The Balaban J connectivity index is 2.15. The molecule has 0 atom stereocenters. The number of carbonyl (C=O) groups is 2. The number of thioether (sulfide) groups is 1. The molecule has 0 aliphatic carbocycles. The lowest BCUT2D eigenvalue weighted by Gasteiger charge is -2.02. The fraction of sp³-hybridized carbons (Fsp3) is 0.500. The minimum absolute atomic E-state index is 0.184. The number of amides is 1. The number of aliphatic carboxylic acids is 1. The van der Waals surface area contributed by atoms with Crippen LogP contribution in [0.5, 0.6) is 0 Å². The molecule has 0 aliphatic rings. The lowest BCUT2D eigenvalue weighted by atomic mass is 10.2. The van der Waals surface area contributed by atoms with Crippen molar-refractivity contribution in [2.75, 3.05) is 12.8 Å². The van der Waals surface area contributed by atoms with Crippen molar-refractivity contribution in [3.8, 4) is 0 Å². The van der Waals surface area contributed by atoms with Crippen molar-refractivity contribution < 1.29 is 19.1 Å². The van der Waals surface area contributed by atoms with E-state index in [1.165, 1.54) is 11.8 Å². The Morgan fingerprint density at radius 2 is 2.11 bits per heavy atom. The summed E-state index contributed by atoms with van der Waals surface area (Å²) in [5.74, 6) is -0.697. The molecule has 2 N–H and O–H groups in total. The highest BCUT2D eigenvalue weighted by molar-refractivity contribution is 7.98. The number of hydrogen-bond donors (Lipinski definition) is 2. The van der Waals surface area contributed by atoms with Crippen molar-refractivity contribution in [1.82, 2.24) is 5.32 Å². The molecule has 1 heterocycles. The Kier molecular flexibility index (Phi) is 6.35. The molecule has 0 radical (unpaired) electrons. The number of furan rings is 1. The van der Waals surface area contributed by atoms with Crippen molar-refractivity contribution in [2.45, 2.75) is 30.8 Å². The highest BCUT2D eigenvalue weighted by atomic mass is 32.2. The molecule has 100 valence electrons. The maximum absolute atomic E-state index is 11.6. The second-order valence-electron chi connectivity index (χ2n) is 3.78. The maximum Gasteiger partial charge on any atom is 0.303 e. The number of rotatable bonds is 8. The van der Waals surface area contributed by atoms with Crippen LogP contribution in [0.3, 0.4) is 0 Å². The molecular weight excluding hydrogens is 254 g/mol. The first-order valence-electron chi connectivity index (χ1n) is 5.77. The van der Waals surface area contributed by atoms with Crippen LogP contribution in [0.4, 0.5) is 0 Å². The van der Waals surface area contributed by atoms with Crippen molar-refractivity contribution in [2.24, 2.45) is 0 Å². The molecule has 6 heteroatoms. The van der Waals surface area contributed by atoms with Crippen LogP contribution in [0.25, 0.3) is 0 Å². The molecule has 1 aromatic rings. The second-order valence-corrected chi connectivity index (χ2v) is 4.59. The average Bonchev–Trinajstić information content (AvgIpc) is 2.81. The third kappa shape index (κ3) is 5.27. The minimum atomic E-state index is -0.779. The predicted octanol–water partition coefficient (Wildman–Crippen LogP) is 2.38. The molecule has 1 rings (SSSR count).